The van der Waals surface area contributed by atoms with Crippen molar-refractivity contribution in [3.8, 4) is 0 Å². The molecule has 4 atom stereocenters. The van der Waals surface area contributed by atoms with Gasteiger partial charge in [0, 0.05) is 13.1 Å². The van der Waals surface area contributed by atoms with Crippen molar-refractivity contribution in [2.75, 3.05) is 13.1 Å². The first kappa shape index (κ1) is 24.1. The molecule has 4 amide bonds. The molecule has 0 aromatic carbocycles. The van der Waals surface area contributed by atoms with Crippen molar-refractivity contribution in [1.29, 1.82) is 0 Å². The molecule has 2 saturated heterocycles. The molecule has 0 radical (unpaired) electrons. The van der Waals surface area contributed by atoms with Gasteiger partial charge in [0.2, 0.25) is 23.6 Å². The van der Waals surface area contributed by atoms with E-state index in [0.717, 1.165) is 9.80 Å². The maximum Gasteiger partial charge on any atom is 0.326 e. The van der Waals surface area contributed by atoms with E-state index in [-0.39, 0.29) is 25.9 Å². The summed E-state index contributed by atoms with van der Waals surface area (Å²) < 4.78 is 0. The first-order valence-corrected chi connectivity index (χ1v) is 9.92. The minimum absolute atomic E-state index is 0.166. The van der Waals surface area contributed by atoms with E-state index in [0.29, 0.717) is 12.8 Å². The van der Waals surface area contributed by atoms with Crippen molar-refractivity contribution in [3.05, 3.63) is 0 Å². The van der Waals surface area contributed by atoms with Crippen LogP contribution >= 0.6 is 0 Å². The number of rotatable bonds is 9. The Kier molecular flexibility index (Phi) is 7.91. The standard InChI is InChI=1S/C18H27N5O8/c19-9(7-14(25)26)16(28)22-5-1-3-11(22)15(27)21-10(8-13(20)24)17(29)23-6-2-4-12(23)18(30)31/h9-12H,1-8,19H2,(H2,20,24)(H,21,27)(H,25,26)(H,30,31). The lowest BCUT2D eigenvalue weighted by Gasteiger charge is -2.30. The molecule has 0 saturated carbocycles. The molecule has 0 aromatic heterocycles. The minimum Gasteiger partial charge on any atom is -0.481 e. The van der Waals surface area contributed by atoms with Gasteiger partial charge < -0.3 is 36.8 Å². The van der Waals surface area contributed by atoms with Gasteiger partial charge in [-0.15, -0.1) is 0 Å². The number of carbonyl (C=O) groups is 6. The summed E-state index contributed by atoms with van der Waals surface area (Å²) in [5, 5.41) is 20.5. The fraction of sp³-hybridized carbons (Fsp3) is 0.667. The molecule has 0 spiro atoms. The first-order valence-electron chi connectivity index (χ1n) is 9.92. The van der Waals surface area contributed by atoms with Gasteiger partial charge in [-0.25, -0.2) is 4.79 Å². The number of nitrogens with one attached hydrogen (secondary N) is 1. The Labute approximate surface area is 177 Å². The van der Waals surface area contributed by atoms with Crippen LogP contribution in [0.3, 0.4) is 0 Å². The third-order valence-corrected chi connectivity index (χ3v) is 5.39. The minimum atomic E-state index is -1.38. The van der Waals surface area contributed by atoms with Gasteiger partial charge in [0.1, 0.15) is 18.1 Å². The Hall–Kier alpha value is -3.22. The van der Waals surface area contributed by atoms with E-state index in [9.17, 15) is 33.9 Å². The molecule has 2 heterocycles. The van der Waals surface area contributed by atoms with Gasteiger partial charge in [0.05, 0.1) is 18.9 Å². The number of hydrogen-bond donors (Lipinski definition) is 5. The SMILES string of the molecule is NC(=O)CC(NC(=O)C1CCCN1C(=O)C(N)CC(=O)O)C(=O)N1CCCC1C(=O)O. The van der Waals surface area contributed by atoms with Gasteiger partial charge in [-0.05, 0) is 25.7 Å². The van der Waals surface area contributed by atoms with Crippen molar-refractivity contribution in [2.45, 2.75) is 62.7 Å². The van der Waals surface area contributed by atoms with E-state index >= 15 is 0 Å². The zero-order chi connectivity index (χ0) is 23.3. The molecular formula is C18H27N5O8. The predicted molar refractivity (Wildman–Crippen MR) is 103 cm³/mol. The number of carbonyl (C=O) groups excluding carboxylic acids is 4. The molecule has 2 aliphatic rings. The number of nitrogens with zero attached hydrogens (tertiary/aromatic N) is 2. The normalized spacial score (nSPS) is 22.6. The Morgan fingerprint density at radius 3 is 1.97 bits per heavy atom. The Morgan fingerprint density at radius 2 is 1.45 bits per heavy atom. The van der Waals surface area contributed by atoms with Crippen LogP contribution in [0.4, 0.5) is 0 Å². The van der Waals surface area contributed by atoms with Crippen molar-refractivity contribution in [2.24, 2.45) is 11.5 Å². The van der Waals surface area contributed by atoms with Crippen LogP contribution in [0.5, 0.6) is 0 Å². The number of carboxylic acids is 2. The number of amides is 4. The number of nitrogens with two attached hydrogens (primary N) is 2. The second-order valence-electron chi connectivity index (χ2n) is 7.65. The Morgan fingerprint density at radius 1 is 0.903 bits per heavy atom. The molecule has 0 bridgehead atoms. The van der Waals surface area contributed by atoms with Crippen LogP contribution in [0.15, 0.2) is 0 Å². The summed E-state index contributed by atoms with van der Waals surface area (Å²) in [7, 11) is 0. The molecule has 4 unspecified atom stereocenters. The van der Waals surface area contributed by atoms with Crippen LogP contribution in [0.25, 0.3) is 0 Å². The van der Waals surface area contributed by atoms with E-state index in [1.54, 1.807) is 0 Å². The molecular weight excluding hydrogens is 414 g/mol. The third kappa shape index (κ3) is 5.90. The summed E-state index contributed by atoms with van der Waals surface area (Å²) in [6.07, 6.45) is 0.309. The molecule has 7 N–H and O–H groups in total. The number of carboxylic acid groups (broad SMARTS) is 2. The van der Waals surface area contributed by atoms with Crippen LogP contribution in [0.1, 0.15) is 38.5 Å². The lowest BCUT2D eigenvalue weighted by molar-refractivity contribution is -0.150. The number of aliphatic carboxylic acids is 2. The molecule has 0 aromatic rings. The molecule has 13 heteroatoms. The van der Waals surface area contributed by atoms with Crippen LogP contribution in [-0.4, -0.2) is 92.8 Å². The highest BCUT2D eigenvalue weighted by Crippen LogP contribution is 2.21. The average Bonchev–Trinajstić information content (AvgIpc) is 3.34. The van der Waals surface area contributed by atoms with Crippen molar-refractivity contribution in [1.82, 2.24) is 15.1 Å². The molecule has 13 nitrogen and oxygen atoms in total. The zero-order valence-corrected chi connectivity index (χ0v) is 16.9. The Balaban J connectivity index is 2.13. The largest absolute Gasteiger partial charge is 0.481 e. The van der Waals surface area contributed by atoms with E-state index in [1.165, 1.54) is 0 Å². The van der Waals surface area contributed by atoms with E-state index in [2.05, 4.69) is 5.32 Å². The molecule has 172 valence electrons. The zero-order valence-electron chi connectivity index (χ0n) is 16.9. The number of primary amides is 1. The summed E-state index contributed by atoms with van der Waals surface area (Å²) >= 11 is 0. The van der Waals surface area contributed by atoms with Gasteiger partial charge >= 0.3 is 11.9 Å². The number of hydrogen-bond acceptors (Lipinski definition) is 7. The molecule has 31 heavy (non-hydrogen) atoms. The molecule has 0 aliphatic carbocycles. The fourth-order valence-corrected chi connectivity index (χ4v) is 3.95. The topological polar surface area (TPSA) is 213 Å². The van der Waals surface area contributed by atoms with Crippen LogP contribution < -0.4 is 16.8 Å². The van der Waals surface area contributed by atoms with Gasteiger partial charge in [-0.3, -0.25) is 24.0 Å². The van der Waals surface area contributed by atoms with E-state index < -0.39 is 72.6 Å². The lowest BCUT2D eigenvalue weighted by atomic mass is 10.1. The summed E-state index contributed by atoms with van der Waals surface area (Å²) in [5.74, 6) is -5.48. The van der Waals surface area contributed by atoms with Crippen LogP contribution in [0, 0.1) is 0 Å². The van der Waals surface area contributed by atoms with Crippen LogP contribution in [-0.2, 0) is 28.8 Å². The van der Waals surface area contributed by atoms with Gasteiger partial charge in [-0.2, -0.15) is 0 Å². The van der Waals surface area contributed by atoms with E-state index in [4.69, 9.17) is 16.6 Å². The number of likely N-dealkylation sites (tertiary alicyclic amines) is 2. The maximum absolute atomic E-state index is 12.9. The summed E-state index contributed by atoms with van der Waals surface area (Å²) in [6.45, 7) is 0.352. The van der Waals surface area contributed by atoms with Crippen molar-refractivity contribution < 1.29 is 39.0 Å². The quantitative estimate of drug-likeness (QED) is 0.250. The van der Waals surface area contributed by atoms with E-state index in [1.807, 2.05) is 0 Å². The van der Waals surface area contributed by atoms with Gasteiger partial charge in [-0.1, -0.05) is 0 Å². The summed E-state index contributed by atoms with van der Waals surface area (Å²) in [4.78, 5) is 74.1. The molecule has 2 rings (SSSR count). The monoisotopic (exact) mass is 441 g/mol. The van der Waals surface area contributed by atoms with Gasteiger partial charge in [0.15, 0.2) is 0 Å². The first-order chi connectivity index (χ1) is 14.5. The molecule has 2 fully saturated rings. The second kappa shape index (κ2) is 10.2. The van der Waals surface area contributed by atoms with Crippen LogP contribution in [0.2, 0.25) is 0 Å². The smallest absolute Gasteiger partial charge is 0.326 e. The third-order valence-electron chi connectivity index (χ3n) is 5.39. The second-order valence-corrected chi connectivity index (χ2v) is 7.65. The molecule has 2 aliphatic heterocycles. The highest BCUT2D eigenvalue weighted by molar-refractivity contribution is 5.96. The highest BCUT2D eigenvalue weighted by Gasteiger charge is 2.41. The summed E-state index contributed by atoms with van der Waals surface area (Å²) in [6, 6.07) is -4.76. The van der Waals surface area contributed by atoms with Crippen molar-refractivity contribution >= 4 is 35.6 Å². The maximum atomic E-state index is 12.9. The fourth-order valence-electron chi connectivity index (χ4n) is 3.95. The Bertz CT molecular complexity index is 772. The highest BCUT2D eigenvalue weighted by atomic mass is 16.4. The predicted octanol–water partition coefficient (Wildman–Crippen LogP) is -2.78. The lowest BCUT2D eigenvalue weighted by Crippen LogP contribution is -2.57. The van der Waals surface area contributed by atoms with Gasteiger partial charge in [0.25, 0.3) is 0 Å². The van der Waals surface area contributed by atoms with Crippen molar-refractivity contribution in [3.63, 3.8) is 0 Å². The average molecular weight is 441 g/mol. The summed E-state index contributed by atoms with van der Waals surface area (Å²) in [5.41, 5.74) is 10.8.